The molecule has 2 nitrogen and oxygen atoms in total. The fourth-order valence-corrected chi connectivity index (χ4v) is 5.05. The van der Waals surface area contributed by atoms with E-state index in [-0.39, 0.29) is 35.0 Å². The first-order valence-electron chi connectivity index (χ1n) is 14.2. The molecule has 1 aliphatic carbocycles. The van der Waals surface area contributed by atoms with Crippen LogP contribution in [0.4, 0.5) is 26.3 Å². The summed E-state index contributed by atoms with van der Waals surface area (Å²) in [7, 11) is 0. The molecule has 3 aromatic carbocycles. The summed E-state index contributed by atoms with van der Waals surface area (Å²) in [5.74, 6) is -7.38. The summed E-state index contributed by atoms with van der Waals surface area (Å²) in [6, 6.07) is 8.37. The Morgan fingerprint density at radius 2 is 1.48 bits per heavy atom. The van der Waals surface area contributed by atoms with Crippen molar-refractivity contribution < 1.29 is 35.8 Å². The highest BCUT2D eigenvalue weighted by atomic mass is 19.2. The van der Waals surface area contributed by atoms with Crippen molar-refractivity contribution in [3.63, 3.8) is 0 Å². The van der Waals surface area contributed by atoms with Gasteiger partial charge in [0.2, 0.25) is 11.6 Å². The minimum atomic E-state index is -1.25. The minimum absolute atomic E-state index is 0.0371. The van der Waals surface area contributed by atoms with E-state index in [4.69, 9.17) is 9.47 Å². The van der Waals surface area contributed by atoms with Crippen molar-refractivity contribution in [2.24, 2.45) is 0 Å². The van der Waals surface area contributed by atoms with Gasteiger partial charge in [0.15, 0.2) is 34.8 Å². The number of hydrogen-bond donors (Lipinski definition) is 0. The van der Waals surface area contributed by atoms with Crippen LogP contribution in [0.25, 0.3) is 5.57 Å². The van der Waals surface area contributed by atoms with Gasteiger partial charge in [0.05, 0.1) is 6.61 Å². The SMILES string of the molecule is CC=CCCc1ccc(C2CC=C(c3ccc(OCc4ccc(OCCCC)c(F)c4F)c(F)c3F)CC2)c(F)c1F. The lowest BCUT2D eigenvalue weighted by molar-refractivity contribution is 0.270. The third-order valence-corrected chi connectivity index (χ3v) is 7.52. The van der Waals surface area contributed by atoms with Crippen LogP contribution in [0.3, 0.4) is 0 Å². The van der Waals surface area contributed by atoms with E-state index >= 15 is 4.39 Å². The van der Waals surface area contributed by atoms with Crippen molar-refractivity contribution in [2.75, 3.05) is 6.61 Å². The van der Waals surface area contributed by atoms with E-state index in [2.05, 4.69) is 0 Å². The monoisotopic (exact) mass is 588 g/mol. The average molecular weight is 589 g/mol. The van der Waals surface area contributed by atoms with Crippen LogP contribution in [0, 0.1) is 34.9 Å². The molecule has 0 aromatic heterocycles. The maximum absolute atomic E-state index is 15.1. The lowest BCUT2D eigenvalue weighted by Crippen LogP contribution is -2.10. The third-order valence-electron chi connectivity index (χ3n) is 7.52. The van der Waals surface area contributed by atoms with Crippen molar-refractivity contribution in [1.82, 2.24) is 0 Å². The Balaban J connectivity index is 1.43. The molecule has 0 bridgehead atoms. The summed E-state index contributed by atoms with van der Waals surface area (Å²) in [5, 5.41) is 0. The minimum Gasteiger partial charge on any atom is -0.490 e. The van der Waals surface area contributed by atoms with Gasteiger partial charge in [-0.2, -0.15) is 8.78 Å². The second-order valence-corrected chi connectivity index (χ2v) is 10.3. The predicted molar refractivity (Wildman–Crippen MR) is 152 cm³/mol. The smallest absolute Gasteiger partial charge is 0.201 e. The van der Waals surface area contributed by atoms with E-state index < -0.39 is 47.3 Å². The molecule has 1 aliphatic rings. The summed E-state index contributed by atoms with van der Waals surface area (Å²) in [6.45, 7) is 3.53. The number of benzene rings is 3. The molecule has 0 fully saturated rings. The second kappa shape index (κ2) is 14.5. The zero-order valence-corrected chi connectivity index (χ0v) is 23.7. The van der Waals surface area contributed by atoms with E-state index in [1.807, 2.05) is 26.0 Å². The maximum Gasteiger partial charge on any atom is 0.201 e. The fourth-order valence-electron chi connectivity index (χ4n) is 5.05. The van der Waals surface area contributed by atoms with Crippen LogP contribution in [0.1, 0.15) is 80.5 Å². The Kier molecular flexibility index (Phi) is 10.8. The molecular weight excluding hydrogens is 554 g/mol. The Morgan fingerprint density at radius 1 is 0.786 bits per heavy atom. The van der Waals surface area contributed by atoms with Crippen molar-refractivity contribution in [1.29, 1.82) is 0 Å². The van der Waals surface area contributed by atoms with Gasteiger partial charge in [0, 0.05) is 11.1 Å². The van der Waals surface area contributed by atoms with Crippen molar-refractivity contribution in [3.8, 4) is 11.5 Å². The van der Waals surface area contributed by atoms with Gasteiger partial charge in [-0.3, -0.25) is 0 Å². The average Bonchev–Trinajstić information content (AvgIpc) is 2.99. The van der Waals surface area contributed by atoms with Crippen LogP contribution in [0.2, 0.25) is 0 Å². The first kappa shape index (κ1) is 31.3. The summed E-state index contributed by atoms with van der Waals surface area (Å²) in [5.41, 5.74) is 1.01. The third kappa shape index (κ3) is 7.02. The summed E-state index contributed by atoms with van der Waals surface area (Å²) in [4.78, 5) is 0. The summed E-state index contributed by atoms with van der Waals surface area (Å²) < 4.78 is 98.9. The standard InChI is InChI=1S/C34H34F6O2/c1-3-5-7-8-23-13-15-25(31(37)29(23)35)21-9-11-22(12-10-21)26-16-18-28(34(40)32(26)38)42-20-24-14-17-27(33(39)30(24)36)41-19-6-4-2/h3,5,11,13-18,21H,4,6-10,12,19-20H2,1-2H3. The highest BCUT2D eigenvalue weighted by molar-refractivity contribution is 5.68. The Bertz CT molecular complexity index is 1460. The quantitative estimate of drug-likeness (QED) is 0.119. The van der Waals surface area contributed by atoms with E-state index in [0.29, 0.717) is 49.7 Å². The molecular formula is C34H34F6O2. The van der Waals surface area contributed by atoms with Crippen LogP contribution in [-0.2, 0) is 13.0 Å². The van der Waals surface area contributed by atoms with Gasteiger partial charge < -0.3 is 9.47 Å². The molecule has 0 radical (unpaired) electrons. The molecule has 0 spiro atoms. The number of rotatable bonds is 12. The number of ether oxygens (including phenoxy) is 2. The van der Waals surface area contributed by atoms with Gasteiger partial charge in [-0.15, -0.1) is 0 Å². The molecule has 1 atom stereocenters. The number of halogens is 6. The fraction of sp³-hybridized carbons (Fsp3) is 0.353. The van der Waals surface area contributed by atoms with Crippen LogP contribution >= 0.6 is 0 Å². The molecule has 8 heteroatoms. The Morgan fingerprint density at radius 3 is 2.19 bits per heavy atom. The lowest BCUT2D eigenvalue weighted by Gasteiger charge is -2.24. The van der Waals surface area contributed by atoms with E-state index in [1.54, 1.807) is 18.2 Å². The molecule has 42 heavy (non-hydrogen) atoms. The Hall–Kier alpha value is -3.68. The highest BCUT2D eigenvalue weighted by Crippen LogP contribution is 2.39. The number of unbranched alkanes of at least 4 members (excludes halogenated alkanes) is 1. The molecule has 0 saturated heterocycles. The van der Waals surface area contributed by atoms with E-state index in [1.165, 1.54) is 24.3 Å². The zero-order valence-electron chi connectivity index (χ0n) is 23.7. The molecule has 0 amide bonds. The number of hydrogen-bond acceptors (Lipinski definition) is 2. The number of aryl methyl sites for hydroxylation is 1. The maximum atomic E-state index is 15.1. The molecule has 0 aliphatic heterocycles. The molecule has 0 saturated carbocycles. The van der Waals surface area contributed by atoms with Crippen molar-refractivity contribution in [2.45, 2.75) is 71.3 Å². The van der Waals surface area contributed by atoms with E-state index in [9.17, 15) is 22.0 Å². The van der Waals surface area contributed by atoms with Crippen LogP contribution in [0.5, 0.6) is 11.5 Å². The summed E-state index contributed by atoms with van der Waals surface area (Å²) in [6.07, 6.45) is 9.12. The molecule has 4 rings (SSSR count). The van der Waals surface area contributed by atoms with Crippen LogP contribution in [-0.4, -0.2) is 6.61 Å². The topological polar surface area (TPSA) is 18.5 Å². The van der Waals surface area contributed by atoms with Gasteiger partial charge in [-0.05, 0) is 92.3 Å². The highest BCUT2D eigenvalue weighted by Gasteiger charge is 2.25. The molecule has 0 heterocycles. The lowest BCUT2D eigenvalue weighted by atomic mass is 9.82. The van der Waals surface area contributed by atoms with Gasteiger partial charge in [-0.1, -0.05) is 43.7 Å². The van der Waals surface area contributed by atoms with Crippen LogP contribution in [0.15, 0.2) is 54.6 Å². The van der Waals surface area contributed by atoms with Crippen LogP contribution < -0.4 is 9.47 Å². The first-order chi connectivity index (χ1) is 20.3. The number of allylic oxidation sites excluding steroid dienone is 4. The first-order valence-corrected chi connectivity index (χ1v) is 14.2. The molecule has 0 N–H and O–H groups in total. The van der Waals surface area contributed by atoms with Gasteiger partial charge >= 0.3 is 0 Å². The van der Waals surface area contributed by atoms with Gasteiger partial charge in [0.1, 0.15) is 6.61 Å². The van der Waals surface area contributed by atoms with E-state index in [0.717, 1.165) is 6.42 Å². The predicted octanol–water partition coefficient (Wildman–Crippen LogP) is 10.1. The molecule has 224 valence electrons. The van der Waals surface area contributed by atoms with Crippen molar-refractivity contribution >= 4 is 5.57 Å². The molecule has 3 aromatic rings. The van der Waals surface area contributed by atoms with Gasteiger partial charge in [-0.25, -0.2) is 17.6 Å². The van der Waals surface area contributed by atoms with Gasteiger partial charge in [0.25, 0.3) is 0 Å². The summed E-state index contributed by atoms with van der Waals surface area (Å²) >= 11 is 0. The Labute approximate surface area is 242 Å². The largest absolute Gasteiger partial charge is 0.490 e. The molecule has 1 unspecified atom stereocenters. The van der Waals surface area contributed by atoms with Crippen molar-refractivity contribution in [3.05, 3.63) is 112 Å². The normalized spacial score (nSPS) is 15.2. The zero-order chi connectivity index (χ0) is 30.2. The second-order valence-electron chi connectivity index (χ2n) is 10.3.